The molecular formula is C25H21Cl2N3O3S. The normalized spacial score (nSPS) is 11.8. The minimum absolute atomic E-state index is 0.142. The van der Waals surface area contributed by atoms with Crippen LogP contribution in [0.5, 0.6) is 5.75 Å². The highest BCUT2D eigenvalue weighted by molar-refractivity contribution is 7.80. The summed E-state index contributed by atoms with van der Waals surface area (Å²) < 4.78 is 11.5. The van der Waals surface area contributed by atoms with Crippen LogP contribution in [0.4, 0.5) is 5.69 Å². The highest BCUT2D eigenvalue weighted by atomic mass is 35.5. The van der Waals surface area contributed by atoms with Crippen molar-refractivity contribution in [3.05, 3.63) is 75.8 Å². The summed E-state index contributed by atoms with van der Waals surface area (Å²) in [4.78, 5) is 17.0. The number of carbonyl (C=O) groups is 1. The molecule has 34 heavy (non-hydrogen) atoms. The number of hydrogen-bond acceptors (Lipinski definition) is 5. The van der Waals surface area contributed by atoms with Crippen molar-refractivity contribution in [3.8, 4) is 17.2 Å². The first-order chi connectivity index (χ1) is 16.2. The van der Waals surface area contributed by atoms with Crippen LogP contribution in [0.1, 0.15) is 18.1 Å². The Kier molecular flexibility index (Phi) is 7.07. The van der Waals surface area contributed by atoms with Gasteiger partial charge < -0.3 is 14.5 Å². The van der Waals surface area contributed by atoms with Gasteiger partial charge in [-0.15, -0.1) is 0 Å². The smallest absolute Gasteiger partial charge is 0.266 e. The van der Waals surface area contributed by atoms with E-state index in [9.17, 15) is 4.79 Å². The molecule has 174 valence electrons. The number of benzene rings is 3. The van der Waals surface area contributed by atoms with Crippen LogP contribution in [-0.2, 0) is 4.79 Å². The Balaban J connectivity index is 1.36. The standard InChI is InChI=1S/C25H21Cl2N3O3S/c1-13-10-20-22(11-14(13)2)33-24(29-20)16-4-7-18(8-5-16)28-25(34)30-23(31)15(3)32-21-9-6-17(26)12-19(21)27/h4-12,15H,1-3H3,(H2,28,30,31,34). The van der Waals surface area contributed by atoms with Crippen LogP contribution in [0.3, 0.4) is 0 Å². The fourth-order valence-corrected chi connectivity index (χ4v) is 3.86. The highest BCUT2D eigenvalue weighted by Crippen LogP contribution is 2.29. The third-order valence-corrected chi connectivity index (χ3v) is 5.93. The lowest BCUT2D eigenvalue weighted by Crippen LogP contribution is -2.42. The maximum atomic E-state index is 12.4. The number of oxazole rings is 1. The number of aromatic nitrogens is 1. The molecular weight excluding hydrogens is 493 g/mol. The number of nitrogens with zero attached hydrogens (tertiary/aromatic N) is 1. The molecule has 9 heteroatoms. The number of nitrogens with one attached hydrogen (secondary N) is 2. The van der Waals surface area contributed by atoms with Crippen molar-refractivity contribution in [1.29, 1.82) is 0 Å². The zero-order chi connectivity index (χ0) is 24.4. The second kappa shape index (κ2) is 10.0. The zero-order valence-corrected chi connectivity index (χ0v) is 20.9. The molecule has 1 aromatic heterocycles. The first-order valence-electron chi connectivity index (χ1n) is 10.4. The van der Waals surface area contributed by atoms with Crippen LogP contribution in [0, 0.1) is 13.8 Å². The Bertz CT molecular complexity index is 1350. The van der Waals surface area contributed by atoms with E-state index < -0.39 is 12.0 Å². The van der Waals surface area contributed by atoms with Crippen molar-refractivity contribution in [2.45, 2.75) is 26.9 Å². The Morgan fingerprint density at radius 1 is 1.06 bits per heavy atom. The van der Waals surface area contributed by atoms with Gasteiger partial charge in [-0.3, -0.25) is 10.1 Å². The fraction of sp³-hybridized carbons (Fsp3) is 0.160. The molecule has 0 spiro atoms. The summed E-state index contributed by atoms with van der Waals surface area (Å²) in [5, 5.41) is 6.53. The molecule has 1 heterocycles. The molecule has 2 N–H and O–H groups in total. The summed E-state index contributed by atoms with van der Waals surface area (Å²) in [5.41, 5.74) is 5.42. The molecule has 3 aromatic carbocycles. The summed E-state index contributed by atoms with van der Waals surface area (Å²) in [6.45, 7) is 5.69. The van der Waals surface area contributed by atoms with E-state index in [2.05, 4.69) is 15.6 Å². The predicted octanol–water partition coefficient (Wildman–Crippen LogP) is 6.70. The van der Waals surface area contributed by atoms with E-state index in [1.807, 2.05) is 50.2 Å². The number of thiocarbonyl (C=S) groups is 1. The minimum Gasteiger partial charge on any atom is -0.479 e. The average molecular weight is 514 g/mol. The first-order valence-corrected chi connectivity index (χ1v) is 11.6. The van der Waals surface area contributed by atoms with Crippen molar-refractivity contribution in [3.63, 3.8) is 0 Å². The number of hydrogen-bond donors (Lipinski definition) is 2. The molecule has 0 aliphatic carbocycles. The molecule has 0 aliphatic rings. The van der Waals surface area contributed by atoms with E-state index in [0.717, 1.165) is 22.2 Å². The number of anilines is 1. The number of ether oxygens (including phenoxy) is 1. The van der Waals surface area contributed by atoms with E-state index in [-0.39, 0.29) is 5.11 Å². The van der Waals surface area contributed by atoms with Gasteiger partial charge in [0.1, 0.15) is 11.3 Å². The summed E-state index contributed by atoms with van der Waals surface area (Å²) in [6, 6.07) is 16.2. The van der Waals surface area contributed by atoms with E-state index in [0.29, 0.717) is 27.4 Å². The molecule has 0 aliphatic heterocycles. The van der Waals surface area contributed by atoms with Gasteiger partial charge >= 0.3 is 0 Å². The van der Waals surface area contributed by atoms with Gasteiger partial charge in [-0.25, -0.2) is 4.98 Å². The monoisotopic (exact) mass is 513 g/mol. The van der Waals surface area contributed by atoms with Crippen LogP contribution >= 0.6 is 35.4 Å². The van der Waals surface area contributed by atoms with Gasteiger partial charge in [-0.2, -0.15) is 0 Å². The third-order valence-electron chi connectivity index (χ3n) is 5.20. The maximum Gasteiger partial charge on any atom is 0.266 e. The average Bonchev–Trinajstić information content (AvgIpc) is 3.19. The molecule has 4 aromatic rings. The van der Waals surface area contributed by atoms with Gasteiger partial charge in [0.25, 0.3) is 5.91 Å². The number of rotatable bonds is 5. The number of halogens is 2. The Morgan fingerprint density at radius 2 is 1.76 bits per heavy atom. The van der Waals surface area contributed by atoms with Crippen molar-refractivity contribution in [1.82, 2.24) is 10.3 Å². The molecule has 0 saturated carbocycles. The highest BCUT2D eigenvalue weighted by Gasteiger charge is 2.18. The zero-order valence-electron chi connectivity index (χ0n) is 18.6. The fourth-order valence-electron chi connectivity index (χ4n) is 3.19. The number of amides is 1. The van der Waals surface area contributed by atoms with Gasteiger partial charge in [0.2, 0.25) is 5.89 Å². The topological polar surface area (TPSA) is 76.4 Å². The Labute approximate surface area is 212 Å². The second-order valence-electron chi connectivity index (χ2n) is 7.78. The third kappa shape index (κ3) is 5.50. The number of aryl methyl sites for hydroxylation is 2. The van der Waals surface area contributed by atoms with Crippen molar-refractivity contribution in [2.75, 3.05) is 5.32 Å². The van der Waals surface area contributed by atoms with Gasteiger partial charge in [-0.05, 0) is 98.7 Å². The summed E-state index contributed by atoms with van der Waals surface area (Å²) in [5.74, 6) is 0.471. The molecule has 4 rings (SSSR count). The van der Waals surface area contributed by atoms with Crippen molar-refractivity contribution >= 4 is 63.2 Å². The lowest BCUT2D eigenvalue weighted by molar-refractivity contribution is -0.125. The molecule has 0 bridgehead atoms. The minimum atomic E-state index is -0.827. The van der Waals surface area contributed by atoms with Crippen LogP contribution in [-0.4, -0.2) is 22.1 Å². The lowest BCUT2D eigenvalue weighted by atomic mass is 10.1. The van der Waals surface area contributed by atoms with E-state index in [1.165, 1.54) is 5.56 Å². The van der Waals surface area contributed by atoms with Crippen LogP contribution in [0.15, 0.2) is 59.0 Å². The first kappa shape index (κ1) is 24.0. The van der Waals surface area contributed by atoms with E-state index in [1.54, 1.807) is 25.1 Å². The Morgan fingerprint density at radius 3 is 2.47 bits per heavy atom. The number of fused-ring (bicyclic) bond motifs is 1. The van der Waals surface area contributed by atoms with E-state index in [4.69, 9.17) is 44.6 Å². The van der Waals surface area contributed by atoms with Crippen LogP contribution in [0.2, 0.25) is 10.0 Å². The lowest BCUT2D eigenvalue weighted by Gasteiger charge is -2.16. The molecule has 0 fully saturated rings. The molecule has 6 nitrogen and oxygen atoms in total. The number of carbonyl (C=O) groups excluding carboxylic acids is 1. The maximum absolute atomic E-state index is 12.4. The largest absolute Gasteiger partial charge is 0.479 e. The van der Waals surface area contributed by atoms with Crippen LogP contribution < -0.4 is 15.4 Å². The molecule has 0 saturated heterocycles. The summed E-state index contributed by atoms with van der Waals surface area (Å²) >= 11 is 17.2. The van der Waals surface area contributed by atoms with Gasteiger partial charge in [0.05, 0.1) is 5.02 Å². The second-order valence-corrected chi connectivity index (χ2v) is 9.03. The molecule has 0 radical (unpaired) electrons. The van der Waals surface area contributed by atoms with Gasteiger partial charge in [0, 0.05) is 16.3 Å². The summed E-state index contributed by atoms with van der Waals surface area (Å²) in [6.07, 6.45) is -0.827. The summed E-state index contributed by atoms with van der Waals surface area (Å²) in [7, 11) is 0. The van der Waals surface area contributed by atoms with E-state index >= 15 is 0 Å². The van der Waals surface area contributed by atoms with Crippen molar-refractivity contribution in [2.24, 2.45) is 0 Å². The molecule has 1 unspecified atom stereocenters. The predicted molar refractivity (Wildman–Crippen MR) is 140 cm³/mol. The molecule has 1 atom stereocenters. The SMILES string of the molecule is Cc1cc2nc(-c3ccc(NC(=S)NC(=O)C(C)Oc4ccc(Cl)cc4Cl)cc3)oc2cc1C. The van der Waals surface area contributed by atoms with Crippen molar-refractivity contribution < 1.29 is 13.9 Å². The Hall–Kier alpha value is -3.13. The van der Waals surface area contributed by atoms with Crippen LogP contribution in [0.25, 0.3) is 22.6 Å². The molecule has 1 amide bonds. The van der Waals surface area contributed by atoms with Gasteiger partial charge in [0.15, 0.2) is 16.8 Å². The van der Waals surface area contributed by atoms with Gasteiger partial charge in [-0.1, -0.05) is 23.2 Å². The quantitative estimate of drug-likeness (QED) is 0.289.